The molecule has 0 amide bonds. The van der Waals surface area contributed by atoms with Crippen molar-refractivity contribution in [3.63, 3.8) is 0 Å². The number of carboxylic acids is 1. The van der Waals surface area contributed by atoms with Gasteiger partial charge in [-0.2, -0.15) is 0 Å². The number of benzene rings is 1. The zero-order valence-electron chi connectivity index (χ0n) is 6.87. The van der Waals surface area contributed by atoms with E-state index in [1.165, 1.54) is 0 Å². The Morgan fingerprint density at radius 1 is 1.43 bits per heavy atom. The average Bonchev–Trinajstić information content (AvgIpc) is 2.09. The molecule has 4 nitrogen and oxygen atoms in total. The summed E-state index contributed by atoms with van der Waals surface area (Å²) in [5, 5.41) is 18.3. The number of halogens is 2. The Labute approximate surface area is 108 Å². The molecule has 1 rings (SSSR count). The lowest BCUT2D eigenvalue weighted by atomic mass is 10.1. The molecule has 76 valence electrons. The maximum Gasteiger partial charge on any atom is 0.325 e. The Morgan fingerprint density at radius 2 is 2.00 bits per heavy atom. The second-order valence-electron chi connectivity index (χ2n) is 2.64. The predicted molar refractivity (Wildman–Crippen MR) is 68.1 cm³/mol. The number of hydrogen-bond donors (Lipinski definition) is 3. The minimum atomic E-state index is -1.18. The highest BCUT2D eigenvalue weighted by molar-refractivity contribution is 14.1. The summed E-state index contributed by atoms with van der Waals surface area (Å²) in [6.45, 7) is 0. The van der Waals surface area contributed by atoms with E-state index in [1.807, 2.05) is 45.2 Å². The third-order valence-electron chi connectivity index (χ3n) is 1.66. The lowest BCUT2D eigenvalue weighted by molar-refractivity contribution is -0.138. The van der Waals surface area contributed by atoms with E-state index in [0.717, 1.165) is 3.57 Å². The fourth-order valence-corrected chi connectivity index (χ4v) is 2.85. The third-order valence-corrected chi connectivity index (χ3v) is 3.10. The molecule has 0 unspecified atom stereocenters. The summed E-state index contributed by atoms with van der Waals surface area (Å²) < 4.78 is 1.44. The number of carboxylic acid groups (broad SMARTS) is 1. The SMILES string of the molecule is N[C@H](C(=O)O)c1cc(I)cc(I)c1O. The van der Waals surface area contributed by atoms with Crippen molar-refractivity contribution in [1.29, 1.82) is 0 Å². The van der Waals surface area contributed by atoms with Crippen LogP contribution in [-0.4, -0.2) is 16.2 Å². The van der Waals surface area contributed by atoms with Gasteiger partial charge in [0.2, 0.25) is 0 Å². The van der Waals surface area contributed by atoms with Crippen molar-refractivity contribution in [2.24, 2.45) is 5.73 Å². The first-order valence-corrected chi connectivity index (χ1v) is 5.75. The van der Waals surface area contributed by atoms with Crippen molar-refractivity contribution in [2.75, 3.05) is 0 Å². The van der Waals surface area contributed by atoms with E-state index < -0.39 is 12.0 Å². The number of aromatic hydroxyl groups is 1. The Balaban J connectivity index is 3.26. The highest BCUT2D eigenvalue weighted by Gasteiger charge is 2.20. The van der Waals surface area contributed by atoms with Crippen molar-refractivity contribution >= 4 is 51.2 Å². The first-order valence-electron chi connectivity index (χ1n) is 3.59. The standard InChI is InChI=1S/C8H7I2NO3/c9-3-1-4(6(11)8(13)14)7(12)5(10)2-3/h1-2,6,12H,11H2,(H,13,14)/t6-/m0/s1. The quantitative estimate of drug-likeness (QED) is 0.638. The Kier molecular flexibility index (Phi) is 3.95. The van der Waals surface area contributed by atoms with E-state index in [2.05, 4.69) is 0 Å². The molecule has 1 atom stereocenters. The second-order valence-corrected chi connectivity index (χ2v) is 5.05. The lowest BCUT2D eigenvalue weighted by Crippen LogP contribution is -2.21. The van der Waals surface area contributed by atoms with Gasteiger partial charge in [0, 0.05) is 9.13 Å². The molecular formula is C8H7I2NO3. The topological polar surface area (TPSA) is 83.6 Å². The van der Waals surface area contributed by atoms with Crippen molar-refractivity contribution in [2.45, 2.75) is 6.04 Å². The largest absolute Gasteiger partial charge is 0.506 e. The second kappa shape index (κ2) is 4.62. The van der Waals surface area contributed by atoms with Gasteiger partial charge in [-0.05, 0) is 57.3 Å². The molecule has 0 aliphatic carbocycles. The first kappa shape index (κ1) is 12.0. The van der Waals surface area contributed by atoms with E-state index >= 15 is 0 Å². The van der Waals surface area contributed by atoms with Crippen LogP contribution in [0.2, 0.25) is 0 Å². The maximum atomic E-state index is 10.6. The molecule has 0 radical (unpaired) electrons. The molecule has 0 aliphatic rings. The molecule has 14 heavy (non-hydrogen) atoms. The van der Waals surface area contributed by atoms with Gasteiger partial charge in [-0.1, -0.05) is 0 Å². The summed E-state index contributed by atoms with van der Waals surface area (Å²) in [5.41, 5.74) is 5.65. The van der Waals surface area contributed by atoms with Gasteiger partial charge in [-0.15, -0.1) is 0 Å². The molecule has 0 aromatic heterocycles. The number of aliphatic carboxylic acids is 1. The van der Waals surface area contributed by atoms with Crippen LogP contribution < -0.4 is 5.73 Å². The van der Waals surface area contributed by atoms with E-state index in [-0.39, 0.29) is 11.3 Å². The smallest absolute Gasteiger partial charge is 0.325 e. The van der Waals surface area contributed by atoms with Crippen LogP contribution in [0.4, 0.5) is 0 Å². The molecule has 6 heteroatoms. The van der Waals surface area contributed by atoms with Gasteiger partial charge >= 0.3 is 5.97 Å². The van der Waals surface area contributed by atoms with Crippen molar-refractivity contribution in [3.8, 4) is 5.75 Å². The van der Waals surface area contributed by atoms with Crippen LogP contribution in [-0.2, 0) is 4.79 Å². The highest BCUT2D eigenvalue weighted by atomic mass is 127. The molecule has 0 saturated heterocycles. The van der Waals surface area contributed by atoms with E-state index in [1.54, 1.807) is 12.1 Å². The Morgan fingerprint density at radius 3 is 2.50 bits per heavy atom. The number of nitrogens with two attached hydrogens (primary N) is 1. The lowest BCUT2D eigenvalue weighted by Gasteiger charge is -2.10. The summed E-state index contributed by atoms with van der Waals surface area (Å²) in [6.07, 6.45) is 0. The average molecular weight is 419 g/mol. The molecule has 0 heterocycles. The van der Waals surface area contributed by atoms with Crippen LogP contribution in [0.15, 0.2) is 12.1 Å². The van der Waals surface area contributed by atoms with E-state index in [4.69, 9.17) is 10.8 Å². The minimum Gasteiger partial charge on any atom is -0.506 e. The van der Waals surface area contributed by atoms with E-state index in [9.17, 15) is 9.90 Å². The summed E-state index contributed by atoms with van der Waals surface area (Å²) >= 11 is 3.97. The number of carbonyl (C=O) groups is 1. The maximum absolute atomic E-state index is 10.6. The van der Waals surface area contributed by atoms with Crippen LogP contribution in [0, 0.1) is 7.14 Å². The van der Waals surface area contributed by atoms with E-state index in [0.29, 0.717) is 3.57 Å². The van der Waals surface area contributed by atoms with Crippen LogP contribution in [0.3, 0.4) is 0 Å². The zero-order chi connectivity index (χ0) is 10.9. The number of rotatable bonds is 2. The summed E-state index contributed by atoms with van der Waals surface area (Å²) in [7, 11) is 0. The monoisotopic (exact) mass is 419 g/mol. The third kappa shape index (κ3) is 2.48. The fraction of sp³-hybridized carbons (Fsp3) is 0.125. The molecule has 4 N–H and O–H groups in total. The van der Waals surface area contributed by atoms with Crippen molar-refractivity contribution < 1.29 is 15.0 Å². The first-order chi connectivity index (χ1) is 6.43. The summed E-state index contributed by atoms with van der Waals surface area (Å²) in [6, 6.07) is 2.13. The number of hydrogen-bond acceptors (Lipinski definition) is 3. The Hall–Kier alpha value is -0.0900. The molecule has 0 saturated carbocycles. The van der Waals surface area contributed by atoms with Crippen molar-refractivity contribution in [1.82, 2.24) is 0 Å². The van der Waals surface area contributed by atoms with Gasteiger partial charge < -0.3 is 15.9 Å². The molecule has 1 aromatic carbocycles. The van der Waals surface area contributed by atoms with Crippen LogP contribution in [0.5, 0.6) is 5.75 Å². The zero-order valence-corrected chi connectivity index (χ0v) is 11.2. The minimum absolute atomic E-state index is 0.0547. The molecule has 0 bridgehead atoms. The van der Waals surface area contributed by atoms with Gasteiger partial charge in [0.05, 0.1) is 3.57 Å². The van der Waals surface area contributed by atoms with Gasteiger partial charge in [0.25, 0.3) is 0 Å². The van der Waals surface area contributed by atoms with Crippen LogP contribution >= 0.6 is 45.2 Å². The predicted octanol–water partition coefficient (Wildman–Crippen LogP) is 1.69. The summed E-state index contributed by atoms with van der Waals surface area (Å²) in [5.74, 6) is -1.21. The van der Waals surface area contributed by atoms with Gasteiger partial charge in [0.15, 0.2) is 0 Å². The van der Waals surface area contributed by atoms with Crippen LogP contribution in [0.1, 0.15) is 11.6 Å². The fourth-order valence-electron chi connectivity index (χ4n) is 0.956. The van der Waals surface area contributed by atoms with Gasteiger partial charge in [0.1, 0.15) is 11.8 Å². The number of phenols is 1. The normalized spacial score (nSPS) is 12.5. The van der Waals surface area contributed by atoms with Crippen molar-refractivity contribution in [3.05, 3.63) is 24.8 Å². The highest BCUT2D eigenvalue weighted by Crippen LogP contribution is 2.30. The molecular weight excluding hydrogens is 412 g/mol. The molecule has 1 aromatic rings. The molecule has 0 aliphatic heterocycles. The molecule has 0 fully saturated rings. The van der Waals surface area contributed by atoms with Gasteiger partial charge in [-0.3, -0.25) is 4.79 Å². The number of phenolic OH excluding ortho intramolecular Hbond substituents is 1. The molecule has 0 spiro atoms. The van der Waals surface area contributed by atoms with Crippen LogP contribution in [0.25, 0.3) is 0 Å². The Bertz CT molecular complexity index is 381. The summed E-state index contributed by atoms with van der Waals surface area (Å²) in [4.78, 5) is 10.6. The van der Waals surface area contributed by atoms with Gasteiger partial charge in [-0.25, -0.2) is 0 Å².